The van der Waals surface area contributed by atoms with Crippen LogP contribution in [0.3, 0.4) is 0 Å². The molecule has 0 bridgehead atoms. The number of Topliss-reactive ketones (excluding diaryl/α,β-unsaturated/α-hetero) is 1. The lowest BCUT2D eigenvalue weighted by molar-refractivity contribution is 0.0862. The van der Waals surface area contributed by atoms with Crippen molar-refractivity contribution < 1.29 is 4.79 Å². The van der Waals surface area contributed by atoms with Gasteiger partial charge in [0, 0.05) is 12.1 Å². The highest BCUT2D eigenvalue weighted by Crippen LogP contribution is 2.14. The predicted octanol–water partition coefficient (Wildman–Crippen LogP) is 4.01. The number of carbonyl (C=O) groups is 1. The largest absolute Gasteiger partial charge is 0.292 e. The summed E-state index contributed by atoms with van der Waals surface area (Å²) in [4.78, 5) is 14.6. The topological polar surface area (TPSA) is 20.3 Å². The van der Waals surface area contributed by atoms with Crippen LogP contribution in [-0.4, -0.2) is 23.8 Å². The van der Waals surface area contributed by atoms with E-state index < -0.39 is 0 Å². The second kappa shape index (κ2) is 6.68. The minimum atomic E-state index is -0.132. The van der Waals surface area contributed by atoms with Crippen LogP contribution in [0.25, 0.3) is 0 Å². The number of ketones is 1. The first-order valence-corrected chi connectivity index (χ1v) is 7.34. The van der Waals surface area contributed by atoms with Crippen LogP contribution in [0.4, 0.5) is 0 Å². The van der Waals surface area contributed by atoms with Gasteiger partial charge < -0.3 is 0 Å². The molecule has 0 aliphatic heterocycles. The van der Waals surface area contributed by atoms with Crippen molar-refractivity contribution in [3.63, 3.8) is 0 Å². The molecule has 0 amide bonds. The molecule has 2 heteroatoms. The van der Waals surface area contributed by atoms with E-state index in [1.807, 2.05) is 57.3 Å². The van der Waals surface area contributed by atoms with E-state index in [4.69, 9.17) is 0 Å². The first-order valence-electron chi connectivity index (χ1n) is 7.34. The minimum absolute atomic E-state index is 0.132. The van der Waals surface area contributed by atoms with Crippen LogP contribution in [-0.2, 0) is 6.54 Å². The monoisotopic (exact) mass is 281 g/mol. The van der Waals surface area contributed by atoms with E-state index in [1.54, 1.807) is 0 Å². The zero-order valence-electron chi connectivity index (χ0n) is 13.3. The number of nitrogens with zero attached hydrogens (tertiary/aromatic N) is 1. The Morgan fingerprint density at radius 2 is 1.67 bits per heavy atom. The zero-order chi connectivity index (χ0) is 15.4. The van der Waals surface area contributed by atoms with Crippen molar-refractivity contribution in [3.05, 3.63) is 70.8 Å². The van der Waals surface area contributed by atoms with Gasteiger partial charge in [0.05, 0.1) is 6.04 Å². The molecule has 0 aliphatic rings. The molecule has 2 aromatic rings. The van der Waals surface area contributed by atoms with Gasteiger partial charge in [0.2, 0.25) is 0 Å². The molecule has 0 saturated heterocycles. The average Bonchev–Trinajstić information content (AvgIpc) is 2.49. The second-order valence-electron chi connectivity index (χ2n) is 5.75. The van der Waals surface area contributed by atoms with Crippen molar-refractivity contribution in [2.24, 2.45) is 0 Å². The smallest absolute Gasteiger partial charge is 0.179 e. The van der Waals surface area contributed by atoms with Crippen molar-refractivity contribution in [1.82, 2.24) is 4.90 Å². The van der Waals surface area contributed by atoms with Gasteiger partial charge >= 0.3 is 0 Å². The SMILES string of the molecule is Cc1ccc(C(=O)C(C)N(C)Cc2ccccc2C)cc1. The third-order valence-electron chi connectivity index (χ3n) is 4.06. The Kier molecular flexibility index (Phi) is 4.92. The summed E-state index contributed by atoms with van der Waals surface area (Å²) in [6, 6.07) is 16.0. The molecule has 2 nitrogen and oxygen atoms in total. The van der Waals surface area contributed by atoms with Crippen molar-refractivity contribution in [3.8, 4) is 0 Å². The summed E-state index contributed by atoms with van der Waals surface area (Å²) in [6.07, 6.45) is 0. The summed E-state index contributed by atoms with van der Waals surface area (Å²) in [5.74, 6) is 0.172. The Bertz CT molecular complexity index is 616. The van der Waals surface area contributed by atoms with Gasteiger partial charge in [0.1, 0.15) is 0 Å². The van der Waals surface area contributed by atoms with E-state index in [0.717, 1.165) is 12.1 Å². The van der Waals surface area contributed by atoms with E-state index in [9.17, 15) is 4.79 Å². The van der Waals surface area contributed by atoms with Crippen molar-refractivity contribution >= 4 is 5.78 Å². The fourth-order valence-corrected chi connectivity index (χ4v) is 2.35. The predicted molar refractivity (Wildman–Crippen MR) is 87.6 cm³/mol. The number of aryl methyl sites for hydroxylation is 2. The number of rotatable bonds is 5. The number of carbonyl (C=O) groups excluding carboxylic acids is 1. The molecule has 2 aromatic carbocycles. The lowest BCUT2D eigenvalue weighted by Crippen LogP contribution is -2.35. The van der Waals surface area contributed by atoms with E-state index in [0.29, 0.717) is 0 Å². The van der Waals surface area contributed by atoms with Crippen molar-refractivity contribution in [1.29, 1.82) is 0 Å². The van der Waals surface area contributed by atoms with Crippen molar-refractivity contribution in [2.45, 2.75) is 33.4 Å². The standard InChI is InChI=1S/C19H23NO/c1-14-9-11-17(12-10-14)19(21)16(3)20(4)13-18-8-6-5-7-15(18)2/h5-12,16H,13H2,1-4H3. The number of hydrogen-bond donors (Lipinski definition) is 0. The molecule has 2 rings (SSSR count). The Hall–Kier alpha value is -1.93. The van der Waals surface area contributed by atoms with Gasteiger partial charge in [-0.05, 0) is 38.9 Å². The van der Waals surface area contributed by atoms with Gasteiger partial charge in [-0.2, -0.15) is 0 Å². The van der Waals surface area contributed by atoms with Gasteiger partial charge in [-0.1, -0.05) is 54.1 Å². The molecule has 110 valence electrons. The average molecular weight is 281 g/mol. The number of benzene rings is 2. The van der Waals surface area contributed by atoms with Crippen LogP contribution < -0.4 is 0 Å². The summed E-state index contributed by atoms with van der Waals surface area (Å²) in [5.41, 5.74) is 4.49. The molecule has 0 aromatic heterocycles. The molecular formula is C19H23NO. The molecule has 0 N–H and O–H groups in total. The van der Waals surface area contributed by atoms with Crippen LogP contribution in [0.15, 0.2) is 48.5 Å². The quantitative estimate of drug-likeness (QED) is 0.772. The summed E-state index contributed by atoms with van der Waals surface area (Å²) in [7, 11) is 2.00. The van der Waals surface area contributed by atoms with Crippen LogP contribution in [0.5, 0.6) is 0 Å². The summed E-state index contributed by atoms with van der Waals surface area (Å²) in [6.45, 7) is 6.89. The number of likely N-dealkylation sites (N-methyl/N-ethyl adjacent to an activating group) is 1. The normalized spacial score (nSPS) is 12.4. The number of hydrogen-bond acceptors (Lipinski definition) is 2. The molecule has 21 heavy (non-hydrogen) atoms. The molecule has 0 spiro atoms. The minimum Gasteiger partial charge on any atom is -0.292 e. The molecule has 0 aliphatic carbocycles. The van der Waals surface area contributed by atoms with Gasteiger partial charge in [-0.15, -0.1) is 0 Å². The summed E-state index contributed by atoms with van der Waals surface area (Å²) in [5, 5.41) is 0. The third-order valence-corrected chi connectivity index (χ3v) is 4.06. The lowest BCUT2D eigenvalue weighted by atomic mass is 10.0. The molecule has 1 atom stereocenters. The maximum absolute atomic E-state index is 12.5. The van der Waals surface area contributed by atoms with Gasteiger partial charge in [0.15, 0.2) is 5.78 Å². The van der Waals surface area contributed by atoms with E-state index in [1.165, 1.54) is 16.7 Å². The summed E-state index contributed by atoms with van der Waals surface area (Å²) >= 11 is 0. The first-order chi connectivity index (χ1) is 9.99. The lowest BCUT2D eigenvalue weighted by Gasteiger charge is -2.24. The molecule has 0 fully saturated rings. The van der Waals surface area contributed by atoms with Gasteiger partial charge in [-0.3, -0.25) is 9.69 Å². The van der Waals surface area contributed by atoms with Crippen LogP contribution in [0, 0.1) is 13.8 Å². The second-order valence-corrected chi connectivity index (χ2v) is 5.75. The Morgan fingerprint density at radius 1 is 1.05 bits per heavy atom. The first kappa shape index (κ1) is 15.5. The molecule has 1 unspecified atom stereocenters. The van der Waals surface area contributed by atoms with Crippen LogP contribution in [0.2, 0.25) is 0 Å². The van der Waals surface area contributed by atoms with Crippen molar-refractivity contribution in [2.75, 3.05) is 7.05 Å². The highest BCUT2D eigenvalue weighted by atomic mass is 16.1. The van der Waals surface area contributed by atoms with E-state index in [2.05, 4.69) is 24.0 Å². The Labute approximate surface area is 127 Å². The zero-order valence-corrected chi connectivity index (χ0v) is 13.3. The highest BCUT2D eigenvalue weighted by Gasteiger charge is 2.19. The fraction of sp³-hybridized carbons (Fsp3) is 0.316. The highest BCUT2D eigenvalue weighted by molar-refractivity contribution is 5.99. The molecule has 0 saturated carbocycles. The molecule has 0 heterocycles. The summed E-state index contributed by atoms with van der Waals surface area (Å²) < 4.78 is 0. The molecular weight excluding hydrogens is 258 g/mol. The van der Waals surface area contributed by atoms with E-state index in [-0.39, 0.29) is 11.8 Å². The Balaban J connectivity index is 2.08. The van der Waals surface area contributed by atoms with Crippen LogP contribution in [0.1, 0.15) is 34.0 Å². The maximum atomic E-state index is 12.5. The fourth-order valence-electron chi connectivity index (χ4n) is 2.35. The third kappa shape index (κ3) is 3.79. The molecule has 0 radical (unpaired) electrons. The maximum Gasteiger partial charge on any atom is 0.179 e. The van der Waals surface area contributed by atoms with Gasteiger partial charge in [-0.25, -0.2) is 0 Å². The van der Waals surface area contributed by atoms with E-state index >= 15 is 0 Å². The van der Waals surface area contributed by atoms with Gasteiger partial charge in [0.25, 0.3) is 0 Å². The van der Waals surface area contributed by atoms with Crippen LogP contribution >= 0.6 is 0 Å². The Morgan fingerprint density at radius 3 is 2.29 bits per heavy atom.